The fourth-order valence-electron chi connectivity index (χ4n) is 3.42. The molecule has 0 spiro atoms. The van der Waals surface area contributed by atoms with Crippen LogP contribution in [-0.2, 0) is 17.9 Å². The minimum Gasteiger partial charge on any atom is -0.467 e. The summed E-state index contributed by atoms with van der Waals surface area (Å²) in [6.45, 7) is -1.50. The van der Waals surface area contributed by atoms with Gasteiger partial charge in [-0.3, -0.25) is 14.2 Å². The number of hydrogen-bond acceptors (Lipinski definition) is 5. The average Bonchev–Trinajstić information content (AvgIpc) is 3.32. The van der Waals surface area contributed by atoms with Gasteiger partial charge >= 0.3 is 6.18 Å². The summed E-state index contributed by atoms with van der Waals surface area (Å²) in [7, 11) is 0. The van der Waals surface area contributed by atoms with Crippen molar-refractivity contribution in [3.63, 3.8) is 0 Å². The Kier molecular flexibility index (Phi) is 7.06. The van der Waals surface area contributed by atoms with Crippen LogP contribution in [0.4, 0.5) is 13.2 Å². The number of rotatable bonds is 8. The van der Waals surface area contributed by atoms with Crippen LogP contribution < -0.4 is 5.56 Å². The molecule has 1 amide bonds. The van der Waals surface area contributed by atoms with E-state index in [9.17, 15) is 22.8 Å². The van der Waals surface area contributed by atoms with Crippen LogP contribution in [0.5, 0.6) is 0 Å². The number of aromatic nitrogens is 2. The third-order valence-electron chi connectivity index (χ3n) is 4.98. The first-order chi connectivity index (χ1) is 16.3. The van der Waals surface area contributed by atoms with Gasteiger partial charge < -0.3 is 9.32 Å². The van der Waals surface area contributed by atoms with Crippen LogP contribution in [0.25, 0.3) is 10.9 Å². The molecule has 6 nitrogen and oxygen atoms in total. The molecular weight excluding hydrogens is 467 g/mol. The van der Waals surface area contributed by atoms with Crippen molar-refractivity contribution in [2.24, 2.45) is 0 Å². The molecule has 4 rings (SSSR count). The molecule has 0 aliphatic rings. The number of furan rings is 1. The van der Waals surface area contributed by atoms with E-state index in [1.54, 1.807) is 30.3 Å². The quantitative estimate of drug-likeness (QED) is 0.266. The number of carbonyl (C=O) groups is 1. The minimum atomic E-state index is -4.57. The van der Waals surface area contributed by atoms with Crippen molar-refractivity contribution >= 4 is 28.6 Å². The monoisotopic (exact) mass is 487 g/mol. The average molecular weight is 488 g/mol. The lowest BCUT2D eigenvalue weighted by Crippen LogP contribution is -2.39. The summed E-state index contributed by atoms with van der Waals surface area (Å²) < 4.78 is 45.9. The molecular formula is C24H20F3N3O3S. The Balaban J connectivity index is 1.61. The van der Waals surface area contributed by atoms with Crippen LogP contribution >= 0.6 is 11.8 Å². The van der Waals surface area contributed by atoms with Gasteiger partial charge in [0.25, 0.3) is 5.56 Å². The van der Waals surface area contributed by atoms with Gasteiger partial charge in [0.15, 0.2) is 5.16 Å². The van der Waals surface area contributed by atoms with Crippen molar-refractivity contribution < 1.29 is 22.4 Å². The summed E-state index contributed by atoms with van der Waals surface area (Å²) in [5.74, 6) is -0.823. The van der Waals surface area contributed by atoms with Gasteiger partial charge in [0.1, 0.15) is 12.3 Å². The van der Waals surface area contributed by atoms with E-state index in [0.717, 1.165) is 17.3 Å². The zero-order valence-electron chi connectivity index (χ0n) is 17.9. The SMILES string of the molecule is O=C(CSc1nc2ccccc2c(=O)n1Cc1ccccc1)N(Cc1ccco1)CC(F)(F)F. The third kappa shape index (κ3) is 5.88. The molecule has 2 aromatic heterocycles. The Morgan fingerprint density at radius 3 is 2.47 bits per heavy atom. The van der Waals surface area contributed by atoms with E-state index >= 15 is 0 Å². The molecule has 0 unspecified atom stereocenters. The second kappa shape index (κ2) is 10.2. The molecule has 0 aliphatic carbocycles. The number of halogens is 3. The van der Waals surface area contributed by atoms with E-state index in [2.05, 4.69) is 4.98 Å². The number of alkyl halides is 3. The first kappa shape index (κ1) is 23.6. The van der Waals surface area contributed by atoms with Crippen LogP contribution in [0.2, 0.25) is 0 Å². The van der Waals surface area contributed by atoms with Gasteiger partial charge in [-0.05, 0) is 29.8 Å². The first-order valence-corrected chi connectivity index (χ1v) is 11.3. The summed E-state index contributed by atoms with van der Waals surface area (Å²) in [6, 6.07) is 19.1. The van der Waals surface area contributed by atoms with E-state index in [-0.39, 0.29) is 35.3 Å². The molecule has 4 aromatic rings. The van der Waals surface area contributed by atoms with Gasteiger partial charge in [-0.15, -0.1) is 0 Å². The lowest BCUT2D eigenvalue weighted by Gasteiger charge is -2.23. The first-order valence-electron chi connectivity index (χ1n) is 10.3. The molecule has 0 aliphatic heterocycles. The van der Waals surface area contributed by atoms with Gasteiger partial charge in [-0.2, -0.15) is 13.2 Å². The molecule has 34 heavy (non-hydrogen) atoms. The predicted octanol–water partition coefficient (Wildman–Crippen LogP) is 4.72. The van der Waals surface area contributed by atoms with E-state index in [4.69, 9.17) is 4.42 Å². The molecule has 0 atom stereocenters. The zero-order chi connectivity index (χ0) is 24.1. The van der Waals surface area contributed by atoms with Gasteiger partial charge in [-0.25, -0.2) is 4.98 Å². The zero-order valence-corrected chi connectivity index (χ0v) is 18.7. The molecule has 0 saturated heterocycles. The van der Waals surface area contributed by atoms with E-state index in [1.807, 2.05) is 30.3 Å². The largest absolute Gasteiger partial charge is 0.467 e. The van der Waals surface area contributed by atoms with Crippen LogP contribution in [-0.4, -0.2) is 38.8 Å². The van der Waals surface area contributed by atoms with Crippen molar-refractivity contribution in [2.75, 3.05) is 12.3 Å². The number of fused-ring (bicyclic) bond motifs is 1. The van der Waals surface area contributed by atoms with Gasteiger partial charge in [0.05, 0.1) is 36.0 Å². The molecule has 0 bridgehead atoms. The Hall–Kier alpha value is -3.53. The summed E-state index contributed by atoms with van der Waals surface area (Å²) in [5, 5.41) is 0.677. The highest BCUT2D eigenvalue weighted by molar-refractivity contribution is 7.99. The highest BCUT2D eigenvalue weighted by atomic mass is 32.2. The molecule has 0 radical (unpaired) electrons. The van der Waals surface area contributed by atoms with Crippen LogP contribution in [0.3, 0.4) is 0 Å². The van der Waals surface area contributed by atoms with Crippen molar-refractivity contribution in [2.45, 2.75) is 24.4 Å². The van der Waals surface area contributed by atoms with Gasteiger partial charge in [0, 0.05) is 0 Å². The number of nitrogens with zero attached hydrogens (tertiary/aromatic N) is 3. The van der Waals surface area contributed by atoms with Crippen LogP contribution in [0.15, 0.2) is 87.4 Å². The number of hydrogen-bond donors (Lipinski definition) is 0. The van der Waals surface area contributed by atoms with Crippen molar-refractivity contribution in [3.8, 4) is 0 Å². The fraction of sp³-hybridized carbons (Fsp3) is 0.208. The van der Waals surface area contributed by atoms with Gasteiger partial charge in [0.2, 0.25) is 5.91 Å². The maximum absolute atomic E-state index is 13.2. The summed E-state index contributed by atoms with van der Waals surface area (Å²) in [4.78, 5) is 31.2. The predicted molar refractivity (Wildman–Crippen MR) is 122 cm³/mol. The maximum Gasteiger partial charge on any atom is 0.406 e. The van der Waals surface area contributed by atoms with Crippen molar-refractivity contribution in [1.82, 2.24) is 14.5 Å². The summed E-state index contributed by atoms with van der Waals surface area (Å²) >= 11 is 0.933. The standard InChI is InChI=1S/C24H20F3N3O3S/c25-24(26,27)16-29(14-18-9-6-12-33-18)21(31)15-34-23-28-20-11-5-4-10-19(20)22(32)30(23)13-17-7-2-1-3-8-17/h1-12H,13-16H2. The molecule has 176 valence electrons. The lowest BCUT2D eigenvalue weighted by molar-refractivity contribution is -0.161. The van der Waals surface area contributed by atoms with Crippen LogP contribution in [0, 0.1) is 0 Å². The lowest BCUT2D eigenvalue weighted by atomic mass is 10.2. The van der Waals surface area contributed by atoms with Gasteiger partial charge in [-0.1, -0.05) is 54.2 Å². The Bertz CT molecular complexity index is 1320. The molecule has 0 fully saturated rings. The molecule has 0 N–H and O–H groups in total. The van der Waals surface area contributed by atoms with Crippen molar-refractivity contribution in [3.05, 3.63) is 94.7 Å². The van der Waals surface area contributed by atoms with Crippen LogP contribution in [0.1, 0.15) is 11.3 Å². The van der Waals surface area contributed by atoms with Crippen molar-refractivity contribution in [1.29, 1.82) is 0 Å². The number of amides is 1. The van der Waals surface area contributed by atoms with E-state index < -0.39 is 18.6 Å². The van der Waals surface area contributed by atoms with E-state index in [0.29, 0.717) is 15.8 Å². The second-order valence-electron chi connectivity index (χ2n) is 7.52. The third-order valence-corrected chi connectivity index (χ3v) is 5.95. The van der Waals surface area contributed by atoms with E-state index in [1.165, 1.54) is 16.9 Å². The number of carbonyl (C=O) groups excluding carboxylic acids is 1. The summed E-state index contributed by atoms with van der Waals surface area (Å²) in [5.41, 5.74) is 1.02. The molecule has 2 aromatic carbocycles. The fourth-order valence-corrected chi connectivity index (χ4v) is 4.32. The maximum atomic E-state index is 13.2. The molecule has 2 heterocycles. The minimum absolute atomic E-state index is 0.215. The molecule has 0 saturated carbocycles. The summed E-state index contributed by atoms with van der Waals surface area (Å²) in [6.07, 6.45) is -3.23. The molecule has 10 heteroatoms. The highest BCUT2D eigenvalue weighted by Crippen LogP contribution is 2.23. The normalized spacial score (nSPS) is 11.6. The number of para-hydroxylation sites is 1. The number of benzene rings is 2. The Labute approximate surface area is 197 Å². The smallest absolute Gasteiger partial charge is 0.406 e. The Morgan fingerprint density at radius 2 is 1.76 bits per heavy atom. The number of thioether (sulfide) groups is 1. The topological polar surface area (TPSA) is 68.3 Å². The Morgan fingerprint density at radius 1 is 1.03 bits per heavy atom. The highest BCUT2D eigenvalue weighted by Gasteiger charge is 2.33. The second-order valence-corrected chi connectivity index (χ2v) is 8.46.